The molecule has 0 aliphatic carbocycles. The first kappa shape index (κ1) is 16.3. The fraction of sp³-hybridized carbons (Fsp3) is 0.462. The molecule has 1 amide bonds. The van der Waals surface area contributed by atoms with Crippen LogP contribution in [0, 0.1) is 5.92 Å². The molecule has 0 aliphatic rings. The predicted molar refractivity (Wildman–Crippen MR) is 67.8 cm³/mol. The molecule has 0 saturated heterocycles. The summed E-state index contributed by atoms with van der Waals surface area (Å²) in [6.45, 7) is 1.97. The maximum absolute atomic E-state index is 12.2. The summed E-state index contributed by atoms with van der Waals surface area (Å²) in [4.78, 5) is 11.7. The third-order valence-electron chi connectivity index (χ3n) is 2.80. The van der Waals surface area contributed by atoms with E-state index in [4.69, 9.17) is 5.73 Å². The third kappa shape index (κ3) is 5.08. The lowest BCUT2D eigenvalue weighted by atomic mass is 10.1. The topological polar surface area (TPSA) is 64.4 Å². The van der Waals surface area contributed by atoms with Crippen molar-refractivity contribution in [1.29, 1.82) is 0 Å². The van der Waals surface area contributed by atoms with E-state index in [0.717, 1.165) is 0 Å². The van der Waals surface area contributed by atoms with E-state index >= 15 is 0 Å². The van der Waals surface area contributed by atoms with E-state index < -0.39 is 6.36 Å². The van der Waals surface area contributed by atoms with Gasteiger partial charge in [0.15, 0.2) is 0 Å². The molecule has 0 heterocycles. The molecule has 0 radical (unpaired) electrons. The Balaban J connectivity index is 2.71. The highest BCUT2D eigenvalue weighted by atomic mass is 19.4. The Morgan fingerprint density at radius 1 is 1.40 bits per heavy atom. The maximum Gasteiger partial charge on any atom is 0.573 e. The van der Waals surface area contributed by atoms with Gasteiger partial charge in [-0.3, -0.25) is 4.79 Å². The van der Waals surface area contributed by atoms with Gasteiger partial charge in [0.2, 0.25) is 5.91 Å². The fourth-order valence-electron chi connectivity index (χ4n) is 1.66. The SMILES string of the molecule is CCC(CN)C(=O)NCc1ccccc1OC(F)(F)F. The first-order valence-corrected chi connectivity index (χ1v) is 6.18. The number of rotatable bonds is 6. The van der Waals surface area contributed by atoms with Crippen LogP contribution in [-0.2, 0) is 11.3 Å². The zero-order valence-corrected chi connectivity index (χ0v) is 11.0. The van der Waals surface area contributed by atoms with E-state index in [2.05, 4.69) is 10.1 Å². The average molecular weight is 290 g/mol. The molecule has 1 unspecified atom stereocenters. The van der Waals surface area contributed by atoms with Gasteiger partial charge in [-0.2, -0.15) is 0 Å². The van der Waals surface area contributed by atoms with Gasteiger partial charge in [0.1, 0.15) is 5.75 Å². The molecular weight excluding hydrogens is 273 g/mol. The molecule has 20 heavy (non-hydrogen) atoms. The van der Waals surface area contributed by atoms with Crippen LogP contribution >= 0.6 is 0 Å². The smallest absolute Gasteiger partial charge is 0.405 e. The summed E-state index contributed by atoms with van der Waals surface area (Å²) in [7, 11) is 0. The van der Waals surface area contributed by atoms with E-state index in [0.29, 0.717) is 6.42 Å². The van der Waals surface area contributed by atoms with Crippen LogP contribution in [0.15, 0.2) is 24.3 Å². The van der Waals surface area contributed by atoms with Gasteiger partial charge in [-0.05, 0) is 12.5 Å². The Bertz CT molecular complexity index is 445. The fourth-order valence-corrected chi connectivity index (χ4v) is 1.66. The van der Waals surface area contributed by atoms with Crippen molar-refractivity contribution in [2.45, 2.75) is 26.3 Å². The number of amides is 1. The van der Waals surface area contributed by atoms with Crippen LogP contribution in [0.4, 0.5) is 13.2 Å². The second kappa shape index (κ2) is 7.14. The van der Waals surface area contributed by atoms with Gasteiger partial charge in [0, 0.05) is 24.6 Å². The van der Waals surface area contributed by atoms with E-state index in [-0.39, 0.29) is 36.2 Å². The average Bonchev–Trinajstić information content (AvgIpc) is 2.37. The summed E-state index contributed by atoms with van der Waals surface area (Å²) in [5.41, 5.74) is 5.69. The zero-order valence-electron chi connectivity index (χ0n) is 11.0. The number of nitrogens with two attached hydrogens (primary N) is 1. The number of nitrogens with one attached hydrogen (secondary N) is 1. The van der Waals surface area contributed by atoms with Crippen molar-refractivity contribution < 1.29 is 22.7 Å². The Kier molecular flexibility index (Phi) is 5.82. The minimum Gasteiger partial charge on any atom is -0.405 e. The second-order valence-corrected chi connectivity index (χ2v) is 4.21. The van der Waals surface area contributed by atoms with Crippen LogP contribution in [0.1, 0.15) is 18.9 Å². The molecular formula is C13H17F3N2O2. The third-order valence-corrected chi connectivity index (χ3v) is 2.80. The largest absolute Gasteiger partial charge is 0.573 e. The van der Waals surface area contributed by atoms with Crippen molar-refractivity contribution in [2.24, 2.45) is 11.7 Å². The van der Waals surface area contributed by atoms with Gasteiger partial charge >= 0.3 is 6.36 Å². The molecule has 1 rings (SSSR count). The Labute approximate surface area is 115 Å². The van der Waals surface area contributed by atoms with Crippen molar-refractivity contribution in [3.8, 4) is 5.75 Å². The van der Waals surface area contributed by atoms with Gasteiger partial charge in [-0.1, -0.05) is 25.1 Å². The van der Waals surface area contributed by atoms with Crippen LogP contribution in [0.3, 0.4) is 0 Å². The Morgan fingerprint density at radius 2 is 2.05 bits per heavy atom. The zero-order chi connectivity index (χ0) is 15.2. The van der Waals surface area contributed by atoms with Gasteiger partial charge in [0.05, 0.1) is 0 Å². The number of carbonyl (C=O) groups excluding carboxylic acids is 1. The van der Waals surface area contributed by atoms with Crippen LogP contribution in [0.25, 0.3) is 0 Å². The molecule has 0 aromatic heterocycles. The normalized spacial score (nSPS) is 12.8. The number of hydrogen-bond donors (Lipinski definition) is 2. The lowest BCUT2D eigenvalue weighted by Gasteiger charge is -2.15. The summed E-state index contributed by atoms with van der Waals surface area (Å²) in [5.74, 6) is -0.941. The summed E-state index contributed by atoms with van der Waals surface area (Å²) in [5, 5.41) is 2.56. The maximum atomic E-state index is 12.2. The molecule has 0 saturated carbocycles. The van der Waals surface area contributed by atoms with Gasteiger partial charge in [-0.25, -0.2) is 0 Å². The van der Waals surface area contributed by atoms with Crippen molar-refractivity contribution >= 4 is 5.91 Å². The molecule has 1 atom stereocenters. The molecule has 0 fully saturated rings. The molecule has 0 bridgehead atoms. The van der Waals surface area contributed by atoms with Crippen LogP contribution in [0.5, 0.6) is 5.75 Å². The summed E-state index contributed by atoms with van der Waals surface area (Å²) < 4.78 is 40.6. The molecule has 4 nitrogen and oxygen atoms in total. The first-order valence-electron chi connectivity index (χ1n) is 6.18. The minimum absolute atomic E-state index is 0.0401. The summed E-state index contributed by atoms with van der Waals surface area (Å²) in [6.07, 6.45) is -4.19. The monoisotopic (exact) mass is 290 g/mol. The van der Waals surface area contributed by atoms with Gasteiger partial charge in [0.25, 0.3) is 0 Å². The number of para-hydroxylation sites is 1. The molecule has 7 heteroatoms. The highest BCUT2D eigenvalue weighted by Gasteiger charge is 2.32. The number of hydrogen-bond acceptors (Lipinski definition) is 3. The lowest BCUT2D eigenvalue weighted by molar-refractivity contribution is -0.274. The molecule has 1 aromatic carbocycles. The number of halogens is 3. The summed E-state index contributed by atoms with van der Waals surface area (Å²) >= 11 is 0. The van der Waals surface area contributed by atoms with E-state index in [1.54, 1.807) is 6.07 Å². The van der Waals surface area contributed by atoms with Gasteiger partial charge in [-0.15, -0.1) is 13.2 Å². The molecule has 0 aliphatic heterocycles. The van der Waals surface area contributed by atoms with Crippen LogP contribution in [-0.4, -0.2) is 18.8 Å². The Hall–Kier alpha value is -1.76. The Morgan fingerprint density at radius 3 is 2.60 bits per heavy atom. The van der Waals surface area contributed by atoms with E-state index in [9.17, 15) is 18.0 Å². The first-order chi connectivity index (χ1) is 9.37. The number of benzene rings is 1. The molecule has 112 valence electrons. The number of alkyl halides is 3. The molecule has 1 aromatic rings. The standard InChI is InChI=1S/C13H17F3N2O2/c1-2-9(7-17)12(19)18-8-10-5-3-4-6-11(10)20-13(14,15)16/h3-6,9H,2,7-8,17H2,1H3,(H,18,19). The quantitative estimate of drug-likeness (QED) is 0.844. The van der Waals surface area contributed by atoms with Crippen molar-refractivity contribution in [2.75, 3.05) is 6.54 Å². The van der Waals surface area contributed by atoms with Crippen molar-refractivity contribution in [3.63, 3.8) is 0 Å². The molecule has 0 spiro atoms. The lowest BCUT2D eigenvalue weighted by Crippen LogP contribution is -2.34. The van der Waals surface area contributed by atoms with Crippen molar-refractivity contribution in [1.82, 2.24) is 5.32 Å². The van der Waals surface area contributed by atoms with E-state index in [1.807, 2.05) is 6.92 Å². The van der Waals surface area contributed by atoms with Gasteiger partial charge < -0.3 is 15.8 Å². The summed E-state index contributed by atoms with van der Waals surface area (Å²) in [6, 6.07) is 5.67. The van der Waals surface area contributed by atoms with Crippen LogP contribution < -0.4 is 15.8 Å². The minimum atomic E-state index is -4.76. The second-order valence-electron chi connectivity index (χ2n) is 4.21. The van der Waals surface area contributed by atoms with Crippen LogP contribution in [0.2, 0.25) is 0 Å². The van der Waals surface area contributed by atoms with E-state index in [1.165, 1.54) is 18.2 Å². The van der Waals surface area contributed by atoms with Crippen molar-refractivity contribution in [3.05, 3.63) is 29.8 Å². The highest BCUT2D eigenvalue weighted by Crippen LogP contribution is 2.26. The highest BCUT2D eigenvalue weighted by molar-refractivity contribution is 5.78. The number of carbonyl (C=O) groups is 1. The predicted octanol–water partition coefficient (Wildman–Crippen LogP) is 2.19. The number of ether oxygens (including phenoxy) is 1. The molecule has 3 N–H and O–H groups in total.